The maximum atomic E-state index is 13.4. The van der Waals surface area contributed by atoms with Gasteiger partial charge in [0.2, 0.25) is 0 Å². The van der Waals surface area contributed by atoms with E-state index in [-0.39, 0.29) is 11.4 Å². The van der Waals surface area contributed by atoms with Crippen molar-refractivity contribution in [3.63, 3.8) is 0 Å². The summed E-state index contributed by atoms with van der Waals surface area (Å²) in [6, 6.07) is 4.30. The van der Waals surface area contributed by atoms with Gasteiger partial charge in [-0.1, -0.05) is 0 Å². The second-order valence-electron chi connectivity index (χ2n) is 3.49. The molecule has 6 heteroatoms. The van der Waals surface area contributed by atoms with E-state index in [1.165, 1.54) is 18.3 Å². The molecule has 0 fully saturated rings. The molecule has 1 heterocycles. The molecule has 0 aliphatic rings. The van der Waals surface area contributed by atoms with Gasteiger partial charge in [0.25, 0.3) is 0 Å². The molecule has 0 bridgehead atoms. The number of nitrogens with zero attached hydrogens (tertiary/aromatic N) is 1. The number of aromatic nitrogens is 1. The highest BCUT2D eigenvalue weighted by molar-refractivity contribution is 6.11. The minimum atomic E-state index is -1.69. The Labute approximate surface area is 100 Å². The number of halogens is 3. The lowest BCUT2D eigenvalue weighted by molar-refractivity contribution is 0.103. The summed E-state index contributed by atoms with van der Waals surface area (Å²) in [6.07, 6.45) is 1.35. The predicted octanol–water partition coefficient (Wildman–Crippen LogP) is 2.31. The summed E-state index contributed by atoms with van der Waals surface area (Å²) >= 11 is 0. The zero-order chi connectivity index (χ0) is 13.3. The van der Waals surface area contributed by atoms with Gasteiger partial charge in [-0.15, -0.1) is 0 Å². The van der Waals surface area contributed by atoms with Crippen LogP contribution in [0.4, 0.5) is 19.0 Å². The van der Waals surface area contributed by atoms with E-state index < -0.39 is 28.8 Å². The number of pyridine rings is 1. The van der Waals surface area contributed by atoms with Crippen molar-refractivity contribution in [1.29, 1.82) is 0 Å². The number of hydrogen-bond donors (Lipinski definition) is 1. The van der Waals surface area contributed by atoms with Crippen molar-refractivity contribution in [2.24, 2.45) is 0 Å². The van der Waals surface area contributed by atoms with Crippen molar-refractivity contribution in [3.05, 3.63) is 59.0 Å². The Morgan fingerprint density at radius 3 is 2.44 bits per heavy atom. The van der Waals surface area contributed by atoms with Gasteiger partial charge < -0.3 is 5.73 Å². The first-order valence-corrected chi connectivity index (χ1v) is 4.91. The van der Waals surface area contributed by atoms with Crippen molar-refractivity contribution < 1.29 is 18.0 Å². The summed E-state index contributed by atoms with van der Waals surface area (Å²) in [5, 5.41) is 0. The first-order chi connectivity index (χ1) is 8.52. The van der Waals surface area contributed by atoms with Crippen LogP contribution in [0.5, 0.6) is 0 Å². The second-order valence-corrected chi connectivity index (χ2v) is 3.49. The van der Waals surface area contributed by atoms with Gasteiger partial charge >= 0.3 is 0 Å². The Kier molecular flexibility index (Phi) is 3.01. The highest BCUT2D eigenvalue weighted by Gasteiger charge is 2.21. The topological polar surface area (TPSA) is 56.0 Å². The molecule has 0 spiro atoms. The number of carbonyl (C=O) groups is 1. The van der Waals surface area contributed by atoms with Crippen LogP contribution in [-0.4, -0.2) is 10.8 Å². The Morgan fingerprint density at radius 1 is 1.06 bits per heavy atom. The number of ketones is 1. The van der Waals surface area contributed by atoms with E-state index in [4.69, 9.17) is 5.73 Å². The lowest BCUT2D eigenvalue weighted by Crippen LogP contribution is -2.10. The first kappa shape index (κ1) is 12.1. The van der Waals surface area contributed by atoms with Gasteiger partial charge in [-0.05, 0) is 24.3 Å². The van der Waals surface area contributed by atoms with Crippen molar-refractivity contribution in [1.82, 2.24) is 4.98 Å². The fourth-order valence-corrected chi connectivity index (χ4v) is 1.46. The molecule has 92 valence electrons. The predicted molar refractivity (Wildman–Crippen MR) is 58.4 cm³/mol. The fraction of sp³-hybridized carbons (Fsp3) is 0. The van der Waals surface area contributed by atoms with E-state index >= 15 is 0 Å². The maximum Gasteiger partial charge on any atom is 0.199 e. The maximum absolute atomic E-state index is 13.4. The monoisotopic (exact) mass is 252 g/mol. The SMILES string of the molecule is Nc1ncccc1C(=O)c1ccc(F)c(F)c1F. The van der Waals surface area contributed by atoms with Crippen LogP contribution in [0.15, 0.2) is 30.5 Å². The quantitative estimate of drug-likeness (QED) is 0.659. The third-order valence-corrected chi connectivity index (χ3v) is 2.36. The van der Waals surface area contributed by atoms with Gasteiger partial charge in [0.15, 0.2) is 23.2 Å². The minimum absolute atomic E-state index is 0.0672. The highest BCUT2D eigenvalue weighted by Crippen LogP contribution is 2.20. The lowest BCUT2D eigenvalue weighted by atomic mass is 10.0. The Balaban J connectivity index is 2.54. The van der Waals surface area contributed by atoms with Gasteiger partial charge in [0.05, 0.1) is 11.1 Å². The molecule has 0 saturated carbocycles. The molecule has 3 nitrogen and oxygen atoms in total. The number of nitrogens with two attached hydrogens (primary N) is 1. The summed E-state index contributed by atoms with van der Waals surface area (Å²) in [5.74, 6) is -5.54. The number of rotatable bonds is 2. The van der Waals surface area contributed by atoms with Gasteiger partial charge in [-0.2, -0.15) is 0 Å². The molecule has 18 heavy (non-hydrogen) atoms. The molecule has 1 aromatic heterocycles. The van der Waals surface area contributed by atoms with E-state index in [2.05, 4.69) is 4.98 Å². The summed E-state index contributed by atoms with van der Waals surface area (Å²) < 4.78 is 39.2. The summed E-state index contributed by atoms with van der Waals surface area (Å²) in [4.78, 5) is 15.6. The van der Waals surface area contributed by atoms with Crippen LogP contribution in [0.1, 0.15) is 15.9 Å². The number of nitrogen functional groups attached to an aromatic ring is 1. The van der Waals surface area contributed by atoms with Gasteiger partial charge in [-0.25, -0.2) is 18.2 Å². The highest BCUT2D eigenvalue weighted by atomic mass is 19.2. The van der Waals surface area contributed by atoms with E-state index in [0.717, 1.165) is 6.07 Å². The Hall–Kier alpha value is -2.37. The average molecular weight is 252 g/mol. The molecule has 0 aliphatic carbocycles. The normalized spacial score (nSPS) is 10.4. The van der Waals surface area contributed by atoms with Gasteiger partial charge in [0.1, 0.15) is 5.82 Å². The molecule has 0 unspecified atom stereocenters. The largest absolute Gasteiger partial charge is 0.383 e. The van der Waals surface area contributed by atoms with Crippen molar-refractivity contribution in [2.45, 2.75) is 0 Å². The molecule has 0 amide bonds. The second kappa shape index (κ2) is 4.48. The zero-order valence-electron chi connectivity index (χ0n) is 8.95. The van der Waals surface area contributed by atoms with Crippen LogP contribution in [0.3, 0.4) is 0 Å². The average Bonchev–Trinajstić information content (AvgIpc) is 2.36. The third-order valence-electron chi connectivity index (χ3n) is 2.36. The van der Waals surface area contributed by atoms with Crippen LogP contribution in [0.2, 0.25) is 0 Å². The van der Waals surface area contributed by atoms with E-state index in [9.17, 15) is 18.0 Å². The van der Waals surface area contributed by atoms with Crippen molar-refractivity contribution in [2.75, 3.05) is 5.73 Å². The van der Waals surface area contributed by atoms with E-state index in [1.807, 2.05) is 0 Å². The molecule has 2 aromatic rings. The van der Waals surface area contributed by atoms with Crippen LogP contribution in [-0.2, 0) is 0 Å². The fourth-order valence-electron chi connectivity index (χ4n) is 1.46. The van der Waals surface area contributed by atoms with Crippen LogP contribution >= 0.6 is 0 Å². The van der Waals surface area contributed by atoms with Crippen LogP contribution < -0.4 is 5.73 Å². The van der Waals surface area contributed by atoms with Crippen molar-refractivity contribution in [3.8, 4) is 0 Å². The summed E-state index contributed by atoms with van der Waals surface area (Å²) in [6.45, 7) is 0. The molecular formula is C12H7F3N2O. The molecule has 2 N–H and O–H groups in total. The van der Waals surface area contributed by atoms with E-state index in [1.54, 1.807) is 0 Å². The molecule has 0 saturated heterocycles. The number of anilines is 1. The zero-order valence-corrected chi connectivity index (χ0v) is 8.95. The first-order valence-electron chi connectivity index (χ1n) is 4.91. The summed E-state index contributed by atoms with van der Waals surface area (Å²) in [7, 11) is 0. The number of carbonyl (C=O) groups excluding carboxylic acids is 1. The minimum Gasteiger partial charge on any atom is -0.383 e. The van der Waals surface area contributed by atoms with Gasteiger partial charge in [-0.3, -0.25) is 4.79 Å². The van der Waals surface area contributed by atoms with E-state index in [0.29, 0.717) is 6.07 Å². The lowest BCUT2D eigenvalue weighted by Gasteiger charge is -2.05. The number of benzene rings is 1. The molecule has 2 rings (SSSR count). The Morgan fingerprint density at radius 2 is 1.78 bits per heavy atom. The molecule has 0 atom stereocenters. The standard InChI is InChI=1S/C12H7F3N2O/c13-8-4-3-6(9(14)10(8)15)11(18)7-2-1-5-17-12(7)16/h1-5H,(H2,16,17). The summed E-state index contributed by atoms with van der Waals surface area (Å²) in [5.41, 5.74) is 4.80. The van der Waals surface area contributed by atoms with Crippen LogP contribution in [0, 0.1) is 17.5 Å². The molecule has 0 radical (unpaired) electrons. The molecule has 1 aromatic carbocycles. The number of hydrogen-bond acceptors (Lipinski definition) is 3. The molecular weight excluding hydrogens is 245 g/mol. The van der Waals surface area contributed by atoms with Crippen molar-refractivity contribution >= 4 is 11.6 Å². The smallest absolute Gasteiger partial charge is 0.199 e. The Bertz CT molecular complexity index is 629. The molecule has 0 aliphatic heterocycles. The third kappa shape index (κ3) is 1.92. The van der Waals surface area contributed by atoms with Crippen LogP contribution in [0.25, 0.3) is 0 Å². The van der Waals surface area contributed by atoms with Gasteiger partial charge in [0, 0.05) is 6.20 Å².